The number of nitrogens with zero attached hydrogens (tertiary/aromatic N) is 2. The molecular weight excluding hydrogens is 393 g/mol. The second kappa shape index (κ2) is 7.12. The summed E-state index contributed by atoms with van der Waals surface area (Å²) in [6.07, 6.45) is 1.76. The molecular formula is C22H21F3N4O. The quantitative estimate of drug-likeness (QED) is 0.673. The van der Waals surface area contributed by atoms with E-state index in [2.05, 4.69) is 27.5 Å². The van der Waals surface area contributed by atoms with E-state index in [-0.39, 0.29) is 17.3 Å². The smallest absolute Gasteiger partial charge is 0.272 e. The predicted octanol–water partition coefficient (Wildman–Crippen LogP) is 3.61. The third-order valence-corrected chi connectivity index (χ3v) is 6.43. The molecule has 1 saturated heterocycles. The highest BCUT2D eigenvalue weighted by atomic mass is 19.1. The summed E-state index contributed by atoms with van der Waals surface area (Å²) in [5.41, 5.74) is 0.769. The fraction of sp³-hybridized carbons (Fsp3) is 0.364. The van der Waals surface area contributed by atoms with Gasteiger partial charge >= 0.3 is 0 Å². The maximum Gasteiger partial charge on any atom is 0.272 e. The van der Waals surface area contributed by atoms with Crippen LogP contribution in [-0.2, 0) is 0 Å². The minimum atomic E-state index is -0.661. The van der Waals surface area contributed by atoms with Crippen LogP contribution in [0, 0.1) is 23.4 Å². The molecule has 0 amide bonds. The van der Waals surface area contributed by atoms with Crippen molar-refractivity contribution in [3.05, 3.63) is 69.4 Å². The van der Waals surface area contributed by atoms with Crippen molar-refractivity contribution in [3.8, 4) is 0 Å². The Bertz CT molecular complexity index is 1190. The lowest BCUT2D eigenvalue weighted by Crippen LogP contribution is -2.44. The minimum Gasteiger partial charge on any atom is -0.380 e. The van der Waals surface area contributed by atoms with Crippen molar-refractivity contribution >= 4 is 16.5 Å². The van der Waals surface area contributed by atoms with Crippen molar-refractivity contribution in [1.29, 1.82) is 0 Å². The van der Waals surface area contributed by atoms with Crippen molar-refractivity contribution in [1.82, 2.24) is 15.1 Å². The predicted molar refractivity (Wildman–Crippen MR) is 108 cm³/mol. The number of H-pyrrole nitrogens is 1. The Labute approximate surface area is 170 Å². The van der Waals surface area contributed by atoms with Gasteiger partial charge in [0.05, 0.1) is 17.0 Å². The van der Waals surface area contributed by atoms with Gasteiger partial charge in [-0.3, -0.25) is 4.79 Å². The van der Waals surface area contributed by atoms with Crippen LogP contribution >= 0.6 is 0 Å². The number of anilines is 1. The first-order chi connectivity index (χ1) is 14.4. The van der Waals surface area contributed by atoms with Gasteiger partial charge in [0.15, 0.2) is 0 Å². The van der Waals surface area contributed by atoms with Gasteiger partial charge in [-0.2, -0.15) is 5.10 Å². The van der Waals surface area contributed by atoms with Crippen molar-refractivity contribution in [2.24, 2.45) is 5.92 Å². The van der Waals surface area contributed by atoms with Crippen LogP contribution < -0.4 is 10.9 Å². The summed E-state index contributed by atoms with van der Waals surface area (Å²) in [4.78, 5) is 14.5. The SMILES string of the molecule is CN1CCC([C@H]2Nc3cc(F)cc4c(=O)[nH]nc(c34)[C@H]2c2ccc(F)cc2F)CC1. The maximum absolute atomic E-state index is 14.9. The molecule has 30 heavy (non-hydrogen) atoms. The van der Waals surface area contributed by atoms with E-state index in [0.717, 1.165) is 32.0 Å². The number of aromatic amines is 1. The summed E-state index contributed by atoms with van der Waals surface area (Å²) < 4.78 is 42.8. The molecule has 0 bridgehead atoms. The van der Waals surface area contributed by atoms with Crippen molar-refractivity contribution in [3.63, 3.8) is 0 Å². The number of benzene rings is 2. The van der Waals surface area contributed by atoms with Gasteiger partial charge in [-0.15, -0.1) is 0 Å². The third-order valence-electron chi connectivity index (χ3n) is 6.43. The Kier molecular flexibility index (Phi) is 4.54. The van der Waals surface area contributed by atoms with E-state index in [9.17, 15) is 18.0 Å². The number of halogens is 3. The first-order valence-electron chi connectivity index (χ1n) is 10.0. The van der Waals surface area contributed by atoms with Crippen LogP contribution in [0.3, 0.4) is 0 Å². The number of piperidine rings is 1. The van der Waals surface area contributed by atoms with Crippen LogP contribution in [0.2, 0.25) is 0 Å². The Hall–Kier alpha value is -2.87. The molecule has 0 aliphatic carbocycles. The van der Waals surface area contributed by atoms with Crippen molar-refractivity contribution in [2.45, 2.75) is 24.8 Å². The van der Waals surface area contributed by atoms with E-state index in [0.29, 0.717) is 22.3 Å². The van der Waals surface area contributed by atoms with Gasteiger partial charge in [-0.05, 0) is 62.7 Å². The number of rotatable bonds is 2. The van der Waals surface area contributed by atoms with Crippen molar-refractivity contribution < 1.29 is 13.2 Å². The van der Waals surface area contributed by atoms with Gasteiger partial charge in [-0.1, -0.05) is 6.07 Å². The van der Waals surface area contributed by atoms with Crippen LogP contribution in [0.5, 0.6) is 0 Å². The van der Waals surface area contributed by atoms with E-state index in [1.807, 2.05) is 0 Å². The lowest BCUT2D eigenvalue weighted by Gasteiger charge is -2.42. The summed E-state index contributed by atoms with van der Waals surface area (Å²) in [5, 5.41) is 10.8. The van der Waals surface area contributed by atoms with Gasteiger partial charge in [-0.25, -0.2) is 18.3 Å². The molecule has 1 aromatic heterocycles. The van der Waals surface area contributed by atoms with Gasteiger partial charge in [0, 0.05) is 23.2 Å². The number of hydrogen-bond donors (Lipinski definition) is 2. The molecule has 5 nitrogen and oxygen atoms in total. The molecule has 1 fully saturated rings. The standard InChI is InChI=1S/C22H21F3N4O/c1-29-6-4-11(5-7-29)20-19(14-3-2-12(23)9-16(14)25)21-18-15(22(30)28-27-21)8-13(24)10-17(18)26-20/h2-3,8-11,19-20,26H,4-7H2,1H3,(H,28,30)/t19-,20+/m0/s1. The monoisotopic (exact) mass is 414 g/mol. The summed E-state index contributed by atoms with van der Waals surface area (Å²) in [5.74, 6) is -2.21. The third kappa shape index (κ3) is 3.06. The average molecular weight is 414 g/mol. The molecule has 3 heterocycles. The van der Waals surface area contributed by atoms with Gasteiger partial charge in [0.25, 0.3) is 5.56 Å². The van der Waals surface area contributed by atoms with Crippen LogP contribution in [0.15, 0.2) is 35.1 Å². The van der Waals surface area contributed by atoms with Gasteiger partial charge in [0.2, 0.25) is 0 Å². The molecule has 2 N–H and O–H groups in total. The molecule has 2 aliphatic heterocycles. The first-order valence-corrected chi connectivity index (χ1v) is 10.0. The molecule has 0 radical (unpaired) electrons. The molecule has 2 aliphatic rings. The van der Waals surface area contributed by atoms with E-state index in [1.54, 1.807) is 0 Å². The van der Waals surface area contributed by atoms with E-state index in [1.165, 1.54) is 24.3 Å². The molecule has 2 aromatic carbocycles. The molecule has 156 valence electrons. The summed E-state index contributed by atoms with van der Waals surface area (Å²) >= 11 is 0. The lowest BCUT2D eigenvalue weighted by molar-refractivity contribution is 0.197. The second-order valence-electron chi connectivity index (χ2n) is 8.27. The molecule has 0 saturated carbocycles. The zero-order valence-electron chi connectivity index (χ0n) is 16.4. The van der Waals surface area contributed by atoms with E-state index >= 15 is 0 Å². The Morgan fingerprint density at radius 3 is 2.57 bits per heavy atom. The zero-order valence-corrected chi connectivity index (χ0v) is 16.4. The Morgan fingerprint density at radius 2 is 1.83 bits per heavy atom. The van der Waals surface area contributed by atoms with Crippen LogP contribution in [0.1, 0.15) is 30.0 Å². The maximum atomic E-state index is 14.9. The summed E-state index contributed by atoms with van der Waals surface area (Å²) in [6.45, 7) is 1.79. The second-order valence-corrected chi connectivity index (χ2v) is 8.27. The number of likely N-dealkylation sites (tertiary alicyclic amines) is 1. The molecule has 0 unspecified atom stereocenters. The molecule has 0 spiro atoms. The molecule has 8 heteroatoms. The largest absolute Gasteiger partial charge is 0.380 e. The minimum absolute atomic E-state index is 0.164. The average Bonchev–Trinajstić information content (AvgIpc) is 2.71. The molecule has 3 aromatic rings. The zero-order chi connectivity index (χ0) is 21.0. The number of nitrogens with one attached hydrogen (secondary N) is 2. The lowest BCUT2D eigenvalue weighted by atomic mass is 9.74. The van der Waals surface area contributed by atoms with E-state index in [4.69, 9.17) is 0 Å². The molecule has 5 rings (SSSR count). The first kappa shape index (κ1) is 19.1. The fourth-order valence-electron chi connectivity index (χ4n) is 4.93. The number of hydrogen-bond acceptors (Lipinski definition) is 4. The highest BCUT2D eigenvalue weighted by molar-refractivity contribution is 5.97. The topological polar surface area (TPSA) is 61.0 Å². The van der Waals surface area contributed by atoms with Crippen LogP contribution in [0.4, 0.5) is 18.9 Å². The normalized spacial score (nSPS) is 22.3. The van der Waals surface area contributed by atoms with Gasteiger partial charge in [0.1, 0.15) is 17.5 Å². The van der Waals surface area contributed by atoms with Crippen LogP contribution in [0.25, 0.3) is 10.8 Å². The van der Waals surface area contributed by atoms with E-state index < -0.39 is 28.9 Å². The van der Waals surface area contributed by atoms with Crippen molar-refractivity contribution in [2.75, 3.05) is 25.5 Å². The molecule has 2 atom stereocenters. The number of aromatic nitrogens is 2. The Morgan fingerprint density at radius 1 is 1.07 bits per heavy atom. The Balaban J connectivity index is 1.73. The highest BCUT2D eigenvalue weighted by Gasteiger charge is 2.40. The fourth-order valence-corrected chi connectivity index (χ4v) is 4.93. The highest BCUT2D eigenvalue weighted by Crippen LogP contribution is 2.44. The summed E-state index contributed by atoms with van der Waals surface area (Å²) in [7, 11) is 2.05. The van der Waals surface area contributed by atoms with Gasteiger partial charge < -0.3 is 10.2 Å². The van der Waals surface area contributed by atoms with Crippen LogP contribution in [-0.4, -0.2) is 41.3 Å². The summed E-state index contributed by atoms with van der Waals surface area (Å²) in [6, 6.07) is 5.78.